The molecule has 2 amide bonds. The molecule has 2 aromatic rings. The molecule has 2 aromatic heterocycles. The number of carbonyl (C=O) groups is 1. The molecule has 0 aliphatic heterocycles. The van der Waals surface area contributed by atoms with E-state index in [9.17, 15) is 4.79 Å². The maximum atomic E-state index is 11.9. The molecule has 1 N–H and O–H groups in total. The van der Waals surface area contributed by atoms with Crippen molar-refractivity contribution in [2.45, 2.75) is 19.9 Å². The highest BCUT2D eigenvalue weighted by Gasteiger charge is 2.09. The Bertz CT molecular complexity index is 589. The van der Waals surface area contributed by atoms with Crippen LogP contribution in [-0.4, -0.2) is 55.4 Å². The van der Waals surface area contributed by atoms with Crippen LogP contribution in [0.15, 0.2) is 18.7 Å². The molecule has 8 heteroatoms. The maximum absolute atomic E-state index is 11.9. The normalized spacial score (nSPS) is 10.6. The molecular weight excluding hydrogens is 270 g/mol. The number of aromatic nitrogens is 5. The summed E-state index contributed by atoms with van der Waals surface area (Å²) in [7, 11) is 3.62. The van der Waals surface area contributed by atoms with Gasteiger partial charge in [0.05, 0.1) is 0 Å². The fraction of sp³-hybridized carbons (Fsp3) is 0.538. The van der Waals surface area contributed by atoms with Crippen LogP contribution in [0.25, 0.3) is 0 Å². The largest absolute Gasteiger partial charge is 0.338 e. The molecule has 0 aliphatic carbocycles. The van der Waals surface area contributed by atoms with Crippen molar-refractivity contribution in [2.75, 3.05) is 20.1 Å². The third kappa shape index (κ3) is 4.04. The van der Waals surface area contributed by atoms with Crippen LogP contribution >= 0.6 is 0 Å². The van der Waals surface area contributed by atoms with Gasteiger partial charge >= 0.3 is 6.03 Å². The Morgan fingerprint density at radius 1 is 1.43 bits per heavy atom. The van der Waals surface area contributed by atoms with Gasteiger partial charge in [0.1, 0.15) is 18.0 Å². The predicted molar refractivity (Wildman–Crippen MR) is 77.7 cm³/mol. The monoisotopic (exact) mass is 291 g/mol. The third-order valence-electron chi connectivity index (χ3n) is 3.38. The smallest absolute Gasteiger partial charge is 0.317 e. The second kappa shape index (κ2) is 6.87. The lowest BCUT2D eigenvalue weighted by atomic mass is 10.4. The molecule has 0 aromatic carbocycles. The van der Waals surface area contributed by atoms with E-state index in [1.54, 1.807) is 22.8 Å². The molecule has 0 bridgehead atoms. The van der Waals surface area contributed by atoms with Gasteiger partial charge in [0, 0.05) is 52.5 Å². The Hall–Kier alpha value is -2.38. The number of urea groups is 1. The number of rotatable bonds is 6. The van der Waals surface area contributed by atoms with E-state index in [0.717, 1.165) is 18.2 Å². The second-order valence-corrected chi connectivity index (χ2v) is 4.87. The highest BCUT2D eigenvalue weighted by atomic mass is 16.2. The van der Waals surface area contributed by atoms with Crippen LogP contribution in [0, 0.1) is 6.92 Å². The number of imidazole rings is 1. The van der Waals surface area contributed by atoms with Crippen LogP contribution in [0.3, 0.4) is 0 Å². The third-order valence-corrected chi connectivity index (χ3v) is 3.38. The maximum Gasteiger partial charge on any atom is 0.317 e. The van der Waals surface area contributed by atoms with Crippen molar-refractivity contribution in [3.05, 3.63) is 30.4 Å². The van der Waals surface area contributed by atoms with Gasteiger partial charge in [-0.15, -0.1) is 0 Å². The van der Waals surface area contributed by atoms with Crippen molar-refractivity contribution >= 4 is 6.03 Å². The first-order valence-corrected chi connectivity index (χ1v) is 6.87. The summed E-state index contributed by atoms with van der Waals surface area (Å²) in [5.74, 6) is 1.80. The molecule has 0 saturated heterocycles. The Kier molecular flexibility index (Phi) is 4.91. The summed E-state index contributed by atoms with van der Waals surface area (Å²) in [5, 5.41) is 6.86. The van der Waals surface area contributed by atoms with Gasteiger partial charge in [0.15, 0.2) is 0 Å². The van der Waals surface area contributed by atoms with Gasteiger partial charge in [-0.25, -0.2) is 14.8 Å². The number of amides is 2. The van der Waals surface area contributed by atoms with Crippen LogP contribution in [0.2, 0.25) is 0 Å². The Labute approximate surface area is 123 Å². The average Bonchev–Trinajstić information content (AvgIpc) is 3.05. The summed E-state index contributed by atoms with van der Waals surface area (Å²) in [6.07, 6.45) is 5.85. The summed E-state index contributed by atoms with van der Waals surface area (Å²) in [6, 6.07) is -0.0880. The van der Waals surface area contributed by atoms with Crippen LogP contribution < -0.4 is 5.32 Å². The molecule has 21 heavy (non-hydrogen) atoms. The van der Waals surface area contributed by atoms with Gasteiger partial charge in [0.25, 0.3) is 0 Å². The first kappa shape index (κ1) is 15.0. The SMILES string of the molecule is Cc1nccn1CCN(C)C(=O)NCCc1ncnn1C. The van der Waals surface area contributed by atoms with Gasteiger partial charge in [-0.3, -0.25) is 4.68 Å². The average molecular weight is 291 g/mol. The van der Waals surface area contributed by atoms with Crippen molar-refractivity contribution in [2.24, 2.45) is 7.05 Å². The van der Waals surface area contributed by atoms with E-state index in [4.69, 9.17) is 0 Å². The zero-order valence-corrected chi connectivity index (χ0v) is 12.7. The van der Waals surface area contributed by atoms with Crippen molar-refractivity contribution in [1.29, 1.82) is 0 Å². The molecule has 0 atom stereocenters. The van der Waals surface area contributed by atoms with Crippen molar-refractivity contribution in [3.63, 3.8) is 0 Å². The minimum absolute atomic E-state index is 0.0880. The zero-order valence-electron chi connectivity index (χ0n) is 12.7. The number of nitrogens with zero attached hydrogens (tertiary/aromatic N) is 6. The van der Waals surface area contributed by atoms with Gasteiger partial charge in [-0.1, -0.05) is 0 Å². The Balaban J connectivity index is 1.70. The van der Waals surface area contributed by atoms with E-state index in [2.05, 4.69) is 20.4 Å². The highest BCUT2D eigenvalue weighted by molar-refractivity contribution is 5.73. The molecule has 0 saturated carbocycles. The molecule has 0 aliphatic rings. The molecule has 2 rings (SSSR count). The van der Waals surface area contributed by atoms with Gasteiger partial charge in [-0.2, -0.15) is 5.10 Å². The lowest BCUT2D eigenvalue weighted by Crippen LogP contribution is -2.39. The quantitative estimate of drug-likeness (QED) is 0.824. The van der Waals surface area contributed by atoms with E-state index in [1.807, 2.05) is 24.7 Å². The molecule has 0 fully saturated rings. The topological polar surface area (TPSA) is 80.9 Å². The van der Waals surface area contributed by atoms with Crippen molar-refractivity contribution in [1.82, 2.24) is 34.5 Å². The minimum atomic E-state index is -0.0880. The van der Waals surface area contributed by atoms with Crippen molar-refractivity contribution in [3.8, 4) is 0 Å². The number of aryl methyl sites for hydroxylation is 2. The van der Waals surface area contributed by atoms with Crippen molar-refractivity contribution < 1.29 is 4.79 Å². The first-order valence-electron chi connectivity index (χ1n) is 6.87. The van der Waals surface area contributed by atoms with Gasteiger partial charge in [-0.05, 0) is 6.92 Å². The molecule has 8 nitrogen and oxygen atoms in total. The van der Waals surface area contributed by atoms with E-state index < -0.39 is 0 Å². The molecule has 0 spiro atoms. The minimum Gasteiger partial charge on any atom is -0.338 e. The van der Waals surface area contributed by atoms with E-state index >= 15 is 0 Å². The summed E-state index contributed by atoms with van der Waals surface area (Å²) in [5.41, 5.74) is 0. The summed E-state index contributed by atoms with van der Waals surface area (Å²) in [6.45, 7) is 3.85. The highest BCUT2D eigenvalue weighted by Crippen LogP contribution is 1.96. The molecule has 114 valence electrons. The molecule has 0 radical (unpaired) electrons. The number of likely N-dealkylation sites (N-methyl/N-ethyl adjacent to an activating group) is 1. The predicted octanol–water partition coefficient (Wildman–Crippen LogP) is 0.204. The Morgan fingerprint density at radius 3 is 2.86 bits per heavy atom. The van der Waals surface area contributed by atoms with Crippen LogP contribution in [0.1, 0.15) is 11.6 Å². The number of nitrogens with one attached hydrogen (secondary N) is 1. The Morgan fingerprint density at radius 2 is 2.24 bits per heavy atom. The lowest BCUT2D eigenvalue weighted by Gasteiger charge is -2.18. The fourth-order valence-electron chi connectivity index (χ4n) is 1.96. The van der Waals surface area contributed by atoms with Gasteiger partial charge in [0.2, 0.25) is 0 Å². The van der Waals surface area contributed by atoms with E-state index in [-0.39, 0.29) is 6.03 Å². The van der Waals surface area contributed by atoms with Crippen LogP contribution in [0.4, 0.5) is 4.79 Å². The second-order valence-electron chi connectivity index (χ2n) is 4.87. The fourth-order valence-corrected chi connectivity index (χ4v) is 1.96. The van der Waals surface area contributed by atoms with Gasteiger partial charge < -0.3 is 14.8 Å². The number of hydrogen-bond acceptors (Lipinski definition) is 4. The summed E-state index contributed by atoms with van der Waals surface area (Å²) in [4.78, 5) is 21.9. The molecule has 0 unspecified atom stereocenters. The zero-order chi connectivity index (χ0) is 15.2. The molecule has 2 heterocycles. The van der Waals surface area contributed by atoms with E-state index in [0.29, 0.717) is 19.5 Å². The summed E-state index contributed by atoms with van der Waals surface area (Å²) < 4.78 is 3.72. The number of hydrogen-bond donors (Lipinski definition) is 1. The van der Waals surface area contributed by atoms with E-state index in [1.165, 1.54) is 6.33 Å². The number of carbonyl (C=O) groups excluding carboxylic acids is 1. The standard InChI is InChI=1S/C13H21N7O/c1-11-14-6-7-20(11)9-8-18(2)13(21)15-5-4-12-16-10-17-19(12)3/h6-7,10H,4-5,8-9H2,1-3H3,(H,15,21). The van der Waals surface area contributed by atoms with Crippen LogP contribution in [0.5, 0.6) is 0 Å². The van der Waals surface area contributed by atoms with Crippen LogP contribution in [-0.2, 0) is 20.0 Å². The molecular formula is C13H21N7O. The lowest BCUT2D eigenvalue weighted by molar-refractivity contribution is 0.207. The summed E-state index contributed by atoms with van der Waals surface area (Å²) >= 11 is 0. The first-order chi connectivity index (χ1) is 10.1.